The maximum atomic E-state index is 0. The van der Waals surface area contributed by atoms with Crippen LogP contribution in [0.3, 0.4) is 0 Å². The number of hydrogen-bond donors (Lipinski definition) is 0. The molecule has 4 heteroatoms. The summed E-state index contributed by atoms with van der Waals surface area (Å²) in [4.78, 5) is 0. The predicted octanol–water partition coefficient (Wildman–Crippen LogP) is -1.21. The van der Waals surface area contributed by atoms with Gasteiger partial charge < -0.3 is 5.48 Å². The molecular weight excluding hydrogens is 409 g/mol. The molecule has 0 saturated heterocycles. The summed E-state index contributed by atoms with van der Waals surface area (Å²) in [6.07, 6.45) is 0. The Morgan fingerprint density at radius 2 is 1.00 bits per heavy atom. The third-order valence-electron chi connectivity index (χ3n) is 0. The molecular formula is H2BaCuIrO. The van der Waals surface area contributed by atoms with E-state index in [9.17, 15) is 0 Å². The van der Waals surface area contributed by atoms with Gasteiger partial charge in [-0.1, -0.05) is 0 Å². The van der Waals surface area contributed by atoms with Crippen LogP contribution in [0, 0.1) is 0 Å². The smallest absolute Gasteiger partial charge is 0 e. The van der Waals surface area contributed by atoms with Gasteiger partial charge in [-0.2, -0.15) is 0 Å². The molecule has 0 aliphatic heterocycles. The van der Waals surface area contributed by atoms with Crippen LogP contribution in [-0.2, 0) is 37.2 Å². The molecule has 0 heterocycles. The fourth-order valence-corrected chi connectivity index (χ4v) is 0. The van der Waals surface area contributed by atoms with Crippen molar-refractivity contribution in [3.63, 3.8) is 0 Å². The largest absolute Gasteiger partial charge is 0.412 e. The molecule has 30 valence electrons. The normalized spacial score (nSPS) is 0. The number of rotatable bonds is 0. The molecule has 2 N–H and O–H groups in total. The minimum absolute atomic E-state index is 0. The van der Waals surface area contributed by atoms with E-state index in [0.29, 0.717) is 0 Å². The third kappa shape index (κ3) is 8.83. The Balaban J connectivity index is 0. The van der Waals surface area contributed by atoms with Gasteiger partial charge in [0.25, 0.3) is 0 Å². The zero-order valence-corrected chi connectivity index (χ0v) is 9.62. The molecule has 0 atom stereocenters. The van der Waals surface area contributed by atoms with E-state index >= 15 is 0 Å². The van der Waals surface area contributed by atoms with Crippen molar-refractivity contribution in [3.8, 4) is 0 Å². The Kier molecular flexibility index (Phi) is 129. The molecule has 0 aliphatic rings. The van der Waals surface area contributed by atoms with E-state index in [4.69, 9.17) is 0 Å². The summed E-state index contributed by atoms with van der Waals surface area (Å²) >= 11 is 0. The van der Waals surface area contributed by atoms with Gasteiger partial charge in [-0.25, -0.2) is 0 Å². The van der Waals surface area contributed by atoms with Crippen molar-refractivity contribution in [1.82, 2.24) is 0 Å². The van der Waals surface area contributed by atoms with Gasteiger partial charge in [0, 0.05) is 86.1 Å². The SMILES string of the molecule is O.[Ba].[Cu].[Ir]. The molecule has 0 rings (SSSR count). The minimum Gasteiger partial charge on any atom is -0.412 e. The molecule has 0 amide bonds. The molecule has 4 radical (unpaired) electrons. The molecule has 0 spiro atoms. The van der Waals surface area contributed by atoms with Crippen LogP contribution in [0.5, 0.6) is 0 Å². The quantitative estimate of drug-likeness (QED) is 0.449. The van der Waals surface area contributed by atoms with Crippen molar-refractivity contribution < 1.29 is 42.7 Å². The zero-order chi connectivity index (χ0) is 0. The van der Waals surface area contributed by atoms with Gasteiger partial charge in [0.05, 0.1) is 0 Å². The summed E-state index contributed by atoms with van der Waals surface area (Å²) < 4.78 is 0. The van der Waals surface area contributed by atoms with E-state index in [0.717, 1.165) is 0 Å². The first-order valence-electron chi connectivity index (χ1n) is 0. The fourth-order valence-electron chi connectivity index (χ4n) is 0. The van der Waals surface area contributed by atoms with Crippen molar-refractivity contribution in [2.45, 2.75) is 0 Å². The van der Waals surface area contributed by atoms with E-state index in [1.807, 2.05) is 0 Å². The van der Waals surface area contributed by atoms with Crippen LogP contribution in [-0.4, -0.2) is 54.4 Å². The van der Waals surface area contributed by atoms with Crippen molar-refractivity contribution in [3.05, 3.63) is 0 Å². The summed E-state index contributed by atoms with van der Waals surface area (Å²) in [5.41, 5.74) is 0. The first kappa shape index (κ1) is 29.9. The summed E-state index contributed by atoms with van der Waals surface area (Å²) in [5.74, 6) is 0. The van der Waals surface area contributed by atoms with Gasteiger partial charge in [-0.15, -0.1) is 0 Å². The van der Waals surface area contributed by atoms with E-state index < -0.39 is 0 Å². The topological polar surface area (TPSA) is 31.5 Å². The van der Waals surface area contributed by atoms with E-state index in [2.05, 4.69) is 0 Å². The molecule has 0 aromatic heterocycles. The minimum atomic E-state index is 0. The van der Waals surface area contributed by atoms with Crippen molar-refractivity contribution in [1.29, 1.82) is 0 Å². The van der Waals surface area contributed by atoms with Crippen LogP contribution in [0.25, 0.3) is 0 Å². The van der Waals surface area contributed by atoms with E-state index in [1.54, 1.807) is 0 Å². The summed E-state index contributed by atoms with van der Waals surface area (Å²) in [5, 5.41) is 0. The van der Waals surface area contributed by atoms with Crippen molar-refractivity contribution in [2.75, 3.05) is 0 Å². The molecule has 0 aromatic rings. The Hall–Kier alpha value is 2.70. The van der Waals surface area contributed by atoms with Crippen LogP contribution in [0.15, 0.2) is 0 Å². The van der Waals surface area contributed by atoms with Crippen LogP contribution < -0.4 is 0 Å². The van der Waals surface area contributed by atoms with Crippen molar-refractivity contribution in [2.24, 2.45) is 0 Å². The maximum absolute atomic E-state index is 0. The van der Waals surface area contributed by atoms with Gasteiger partial charge >= 0.3 is 0 Å². The van der Waals surface area contributed by atoms with Crippen LogP contribution in [0.2, 0.25) is 0 Å². The first-order valence-corrected chi connectivity index (χ1v) is 0. The second-order valence-corrected chi connectivity index (χ2v) is 0. The van der Waals surface area contributed by atoms with Gasteiger partial charge in [0.2, 0.25) is 0 Å². The fraction of sp³-hybridized carbons (Fsp3) is 0. The summed E-state index contributed by atoms with van der Waals surface area (Å²) in [6.45, 7) is 0. The Labute approximate surface area is 89.5 Å². The van der Waals surface area contributed by atoms with Crippen molar-refractivity contribution >= 4 is 48.9 Å². The monoisotopic (exact) mass is 412 g/mol. The van der Waals surface area contributed by atoms with Crippen LogP contribution in [0.1, 0.15) is 0 Å². The summed E-state index contributed by atoms with van der Waals surface area (Å²) in [6, 6.07) is 0. The second kappa shape index (κ2) is 17.3. The molecule has 0 fully saturated rings. The van der Waals surface area contributed by atoms with Gasteiger partial charge in [-0.05, 0) is 0 Å². The van der Waals surface area contributed by atoms with Gasteiger partial charge in [0.15, 0.2) is 0 Å². The maximum Gasteiger partial charge on any atom is 0 e. The average molecular weight is 411 g/mol. The molecule has 0 bridgehead atoms. The van der Waals surface area contributed by atoms with Crippen LogP contribution >= 0.6 is 0 Å². The average Bonchev–Trinajstić information content (AvgIpc) is 0. The standard InChI is InChI=1S/Ba.Cu.Ir.H2O/h;;;1H2. The first-order chi connectivity index (χ1) is 0. The Morgan fingerprint density at radius 1 is 1.00 bits per heavy atom. The molecule has 1 nitrogen and oxygen atoms in total. The Bertz CT molecular complexity index is 8.00. The van der Waals surface area contributed by atoms with E-state index in [1.165, 1.54) is 0 Å². The molecule has 0 aliphatic carbocycles. The van der Waals surface area contributed by atoms with Gasteiger partial charge in [-0.3, -0.25) is 0 Å². The van der Waals surface area contributed by atoms with Crippen LogP contribution in [0.4, 0.5) is 0 Å². The zero-order valence-electron chi connectivity index (χ0n) is 1.84. The molecule has 0 saturated carbocycles. The molecule has 0 unspecified atom stereocenters. The molecule has 4 heavy (non-hydrogen) atoms. The molecule has 0 aromatic carbocycles. The summed E-state index contributed by atoms with van der Waals surface area (Å²) in [7, 11) is 0. The van der Waals surface area contributed by atoms with E-state index in [-0.39, 0.29) is 91.5 Å². The van der Waals surface area contributed by atoms with Gasteiger partial charge in [0.1, 0.15) is 0 Å². The third-order valence-corrected chi connectivity index (χ3v) is 0. The second-order valence-electron chi connectivity index (χ2n) is 0. The predicted molar refractivity (Wildman–Crippen MR) is 9.37 cm³/mol. The Morgan fingerprint density at radius 3 is 1.00 bits per heavy atom. The number of hydrogen-bond acceptors (Lipinski definition) is 0.